The number of benzene rings is 1. The van der Waals surface area contributed by atoms with Crippen molar-refractivity contribution in [3.05, 3.63) is 29.6 Å². The lowest BCUT2D eigenvalue weighted by Gasteiger charge is -2.19. The van der Waals surface area contributed by atoms with Gasteiger partial charge in [0.25, 0.3) is 0 Å². The van der Waals surface area contributed by atoms with E-state index in [9.17, 15) is 14.0 Å². The summed E-state index contributed by atoms with van der Waals surface area (Å²) in [4.78, 5) is 21.9. The first-order valence-corrected chi connectivity index (χ1v) is 5.06. The van der Waals surface area contributed by atoms with Gasteiger partial charge in [0.1, 0.15) is 11.4 Å². The van der Waals surface area contributed by atoms with E-state index in [2.05, 4.69) is 5.32 Å². The van der Waals surface area contributed by atoms with Gasteiger partial charge in [0.05, 0.1) is 5.56 Å². The standard InChI is InChI=1S/C12H14FNO3/c1-12(2,3)17-11(16)14-9-4-5-10(13)8(6-9)7-15/h4-7H,1-3H3,(H,14,16). The van der Waals surface area contributed by atoms with Crippen LogP contribution in [0.25, 0.3) is 0 Å². The van der Waals surface area contributed by atoms with Crippen molar-refractivity contribution in [1.29, 1.82) is 0 Å². The Kier molecular flexibility index (Phi) is 3.83. The normalized spacial score (nSPS) is 10.8. The van der Waals surface area contributed by atoms with Crippen molar-refractivity contribution in [2.24, 2.45) is 0 Å². The van der Waals surface area contributed by atoms with Crippen molar-refractivity contribution >= 4 is 18.1 Å². The average molecular weight is 239 g/mol. The molecule has 17 heavy (non-hydrogen) atoms. The van der Waals surface area contributed by atoms with Crippen LogP contribution in [-0.4, -0.2) is 18.0 Å². The molecular formula is C12H14FNO3. The number of carbonyl (C=O) groups excluding carboxylic acids is 2. The summed E-state index contributed by atoms with van der Waals surface area (Å²) in [5.74, 6) is -0.630. The Balaban J connectivity index is 2.75. The van der Waals surface area contributed by atoms with Gasteiger partial charge in [-0.3, -0.25) is 10.1 Å². The van der Waals surface area contributed by atoms with Gasteiger partial charge in [-0.05, 0) is 39.0 Å². The van der Waals surface area contributed by atoms with E-state index in [-0.39, 0.29) is 5.56 Å². The molecule has 0 heterocycles. The highest BCUT2D eigenvalue weighted by Gasteiger charge is 2.16. The Bertz CT molecular complexity index is 438. The fourth-order valence-corrected chi connectivity index (χ4v) is 1.13. The molecule has 1 amide bonds. The van der Waals surface area contributed by atoms with E-state index in [4.69, 9.17) is 4.74 Å². The molecule has 1 aromatic rings. The van der Waals surface area contributed by atoms with Crippen molar-refractivity contribution in [1.82, 2.24) is 0 Å². The van der Waals surface area contributed by atoms with E-state index in [0.29, 0.717) is 12.0 Å². The Labute approximate surface area is 98.8 Å². The molecular weight excluding hydrogens is 225 g/mol. The molecule has 1 N–H and O–H groups in total. The van der Waals surface area contributed by atoms with Crippen LogP contribution in [0.15, 0.2) is 18.2 Å². The maximum absolute atomic E-state index is 13.0. The van der Waals surface area contributed by atoms with Gasteiger partial charge in [-0.25, -0.2) is 9.18 Å². The molecule has 0 saturated heterocycles. The number of ether oxygens (including phenoxy) is 1. The molecule has 0 aliphatic rings. The van der Waals surface area contributed by atoms with E-state index in [0.717, 1.165) is 6.07 Å². The molecule has 0 atom stereocenters. The van der Waals surface area contributed by atoms with E-state index in [1.165, 1.54) is 12.1 Å². The molecule has 5 heteroatoms. The Morgan fingerprint density at radius 2 is 2.06 bits per heavy atom. The molecule has 0 bridgehead atoms. The van der Waals surface area contributed by atoms with Gasteiger partial charge in [-0.2, -0.15) is 0 Å². The zero-order chi connectivity index (χ0) is 13.1. The second-order valence-corrected chi connectivity index (χ2v) is 4.48. The molecule has 0 aliphatic carbocycles. The first-order chi connectivity index (χ1) is 7.81. The van der Waals surface area contributed by atoms with Crippen LogP contribution in [0.2, 0.25) is 0 Å². The van der Waals surface area contributed by atoms with Crippen LogP contribution in [0, 0.1) is 5.82 Å². The molecule has 1 rings (SSSR count). The summed E-state index contributed by atoms with van der Waals surface area (Å²) in [6.45, 7) is 5.19. The number of carbonyl (C=O) groups is 2. The fraction of sp³-hybridized carbons (Fsp3) is 0.333. The van der Waals surface area contributed by atoms with E-state index in [1.807, 2.05) is 0 Å². The topological polar surface area (TPSA) is 55.4 Å². The summed E-state index contributed by atoms with van der Waals surface area (Å²) >= 11 is 0. The summed E-state index contributed by atoms with van der Waals surface area (Å²) in [5.41, 5.74) is -0.418. The minimum atomic E-state index is -0.652. The van der Waals surface area contributed by atoms with Crippen molar-refractivity contribution in [2.45, 2.75) is 26.4 Å². The van der Waals surface area contributed by atoms with Gasteiger partial charge < -0.3 is 4.74 Å². The molecule has 92 valence electrons. The largest absolute Gasteiger partial charge is 0.444 e. The Hall–Kier alpha value is -1.91. The molecule has 0 unspecified atom stereocenters. The van der Waals surface area contributed by atoms with E-state index < -0.39 is 17.5 Å². The first-order valence-electron chi connectivity index (χ1n) is 5.06. The zero-order valence-corrected chi connectivity index (χ0v) is 9.91. The molecule has 1 aromatic carbocycles. The zero-order valence-electron chi connectivity index (χ0n) is 9.91. The smallest absolute Gasteiger partial charge is 0.412 e. The van der Waals surface area contributed by atoms with Crippen molar-refractivity contribution in [2.75, 3.05) is 5.32 Å². The average Bonchev–Trinajstić information content (AvgIpc) is 2.18. The highest BCUT2D eigenvalue weighted by Crippen LogP contribution is 2.15. The third kappa shape index (κ3) is 4.22. The lowest BCUT2D eigenvalue weighted by molar-refractivity contribution is 0.0635. The van der Waals surface area contributed by atoms with Crippen LogP contribution in [0.5, 0.6) is 0 Å². The molecule has 4 nitrogen and oxygen atoms in total. The molecule has 0 spiro atoms. The number of anilines is 1. The summed E-state index contributed by atoms with van der Waals surface area (Å²) in [5, 5.41) is 2.41. The Morgan fingerprint density at radius 3 is 2.59 bits per heavy atom. The quantitative estimate of drug-likeness (QED) is 0.807. The number of halogens is 1. The third-order valence-corrected chi connectivity index (χ3v) is 1.77. The summed E-state index contributed by atoms with van der Waals surface area (Å²) in [6, 6.07) is 3.70. The molecule has 0 aromatic heterocycles. The third-order valence-electron chi connectivity index (χ3n) is 1.77. The molecule has 0 aliphatic heterocycles. The van der Waals surface area contributed by atoms with Gasteiger partial charge in [-0.15, -0.1) is 0 Å². The highest BCUT2D eigenvalue weighted by molar-refractivity contribution is 5.87. The number of aldehydes is 1. The van der Waals surface area contributed by atoms with Gasteiger partial charge in [-0.1, -0.05) is 0 Å². The van der Waals surface area contributed by atoms with Crippen LogP contribution in [-0.2, 0) is 4.74 Å². The summed E-state index contributed by atoms with van der Waals surface area (Å²) in [6.07, 6.45) is -0.267. The minimum absolute atomic E-state index is 0.112. The van der Waals surface area contributed by atoms with Crippen LogP contribution in [0.1, 0.15) is 31.1 Å². The fourth-order valence-electron chi connectivity index (χ4n) is 1.13. The second-order valence-electron chi connectivity index (χ2n) is 4.48. The maximum Gasteiger partial charge on any atom is 0.412 e. The Morgan fingerprint density at radius 1 is 1.41 bits per heavy atom. The number of nitrogens with one attached hydrogen (secondary N) is 1. The first kappa shape index (κ1) is 13.2. The van der Waals surface area contributed by atoms with Gasteiger partial charge in [0.2, 0.25) is 0 Å². The van der Waals surface area contributed by atoms with Gasteiger partial charge in [0.15, 0.2) is 6.29 Å². The van der Waals surface area contributed by atoms with E-state index in [1.54, 1.807) is 20.8 Å². The SMILES string of the molecule is CC(C)(C)OC(=O)Nc1ccc(F)c(C=O)c1. The van der Waals surface area contributed by atoms with Crippen LogP contribution in [0.4, 0.5) is 14.9 Å². The maximum atomic E-state index is 13.0. The number of hydrogen-bond donors (Lipinski definition) is 1. The molecule has 0 saturated carbocycles. The van der Waals surface area contributed by atoms with Gasteiger partial charge in [0, 0.05) is 5.69 Å². The number of amides is 1. The van der Waals surface area contributed by atoms with E-state index >= 15 is 0 Å². The second kappa shape index (κ2) is 4.95. The van der Waals surface area contributed by atoms with Crippen molar-refractivity contribution in [3.8, 4) is 0 Å². The predicted octanol–water partition coefficient (Wildman–Crippen LogP) is 2.99. The predicted molar refractivity (Wildman–Crippen MR) is 61.6 cm³/mol. The lowest BCUT2D eigenvalue weighted by Crippen LogP contribution is -2.27. The highest BCUT2D eigenvalue weighted by atomic mass is 19.1. The van der Waals surface area contributed by atoms with Crippen LogP contribution in [0.3, 0.4) is 0 Å². The minimum Gasteiger partial charge on any atom is -0.444 e. The lowest BCUT2D eigenvalue weighted by atomic mass is 10.2. The van der Waals surface area contributed by atoms with Crippen molar-refractivity contribution in [3.63, 3.8) is 0 Å². The monoisotopic (exact) mass is 239 g/mol. The number of hydrogen-bond acceptors (Lipinski definition) is 3. The molecule has 0 radical (unpaired) electrons. The molecule has 0 fully saturated rings. The summed E-state index contributed by atoms with van der Waals surface area (Å²) in [7, 11) is 0. The van der Waals surface area contributed by atoms with Crippen molar-refractivity contribution < 1.29 is 18.7 Å². The summed E-state index contributed by atoms with van der Waals surface area (Å²) < 4.78 is 18.0. The number of rotatable bonds is 2. The van der Waals surface area contributed by atoms with Gasteiger partial charge >= 0.3 is 6.09 Å². The van der Waals surface area contributed by atoms with Crippen LogP contribution < -0.4 is 5.32 Å². The van der Waals surface area contributed by atoms with Crippen LogP contribution >= 0.6 is 0 Å².